The van der Waals surface area contributed by atoms with Crippen molar-refractivity contribution in [3.05, 3.63) is 57.6 Å². The Morgan fingerprint density at radius 3 is 2.96 bits per heavy atom. The third-order valence-electron chi connectivity index (χ3n) is 4.32. The number of hydrogen-bond donors (Lipinski definition) is 4. The van der Waals surface area contributed by atoms with Crippen molar-refractivity contribution >= 4 is 22.5 Å². The summed E-state index contributed by atoms with van der Waals surface area (Å²) in [5.74, 6) is 0.573. The van der Waals surface area contributed by atoms with E-state index < -0.39 is 0 Å². The van der Waals surface area contributed by atoms with E-state index in [9.17, 15) is 9.59 Å². The van der Waals surface area contributed by atoms with Crippen LogP contribution in [0.1, 0.15) is 28.0 Å². The molecule has 0 saturated carbocycles. The molecule has 7 heteroatoms. The van der Waals surface area contributed by atoms with Crippen LogP contribution < -0.4 is 16.2 Å². The number of amides is 1. The summed E-state index contributed by atoms with van der Waals surface area (Å²) < 4.78 is 0. The van der Waals surface area contributed by atoms with Crippen LogP contribution in [0.3, 0.4) is 0 Å². The number of benzene rings is 1. The molecule has 3 aromatic rings. The highest BCUT2D eigenvalue weighted by Crippen LogP contribution is 2.22. The lowest BCUT2D eigenvalue weighted by Crippen LogP contribution is -2.25. The molecule has 4 rings (SSSR count). The Morgan fingerprint density at radius 2 is 2.08 bits per heavy atom. The normalized spacial score (nSPS) is 13.3. The molecule has 0 radical (unpaired) electrons. The second kappa shape index (κ2) is 5.84. The van der Waals surface area contributed by atoms with Gasteiger partial charge in [0.05, 0.1) is 0 Å². The van der Waals surface area contributed by atoms with Crippen molar-refractivity contribution in [2.45, 2.75) is 19.4 Å². The smallest absolute Gasteiger partial charge is 0.269 e. The van der Waals surface area contributed by atoms with Crippen molar-refractivity contribution in [2.75, 3.05) is 11.9 Å². The van der Waals surface area contributed by atoms with Crippen LogP contribution in [-0.4, -0.2) is 27.6 Å². The van der Waals surface area contributed by atoms with Gasteiger partial charge in [-0.1, -0.05) is 18.2 Å². The van der Waals surface area contributed by atoms with E-state index in [4.69, 9.17) is 0 Å². The fourth-order valence-electron chi connectivity index (χ4n) is 3.09. The molecule has 0 aliphatic carbocycles. The number of hydrogen-bond acceptors (Lipinski definition) is 4. The maximum Gasteiger partial charge on any atom is 0.269 e. The Kier molecular flexibility index (Phi) is 3.53. The molecule has 0 atom stereocenters. The zero-order valence-corrected chi connectivity index (χ0v) is 13.0. The quantitative estimate of drug-likeness (QED) is 0.587. The van der Waals surface area contributed by atoms with Gasteiger partial charge in [0.2, 0.25) is 0 Å². The molecule has 24 heavy (non-hydrogen) atoms. The molecular weight excluding hydrogens is 306 g/mol. The Hall–Kier alpha value is -3.09. The van der Waals surface area contributed by atoms with Gasteiger partial charge in [0.15, 0.2) is 5.82 Å². The van der Waals surface area contributed by atoms with Gasteiger partial charge in [-0.3, -0.25) is 14.7 Å². The third kappa shape index (κ3) is 2.44. The minimum atomic E-state index is -0.192. The van der Waals surface area contributed by atoms with Crippen molar-refractivity contribution < 1.29 is 4.79 Å². The molecule has 3 heterocycles. The van der Waals surface area contributed by atoms with Gasteiger partial charge in [-0.15, -0.1) is 0 Å². The molecule has 122 valence electrons. The molecule has 1 amide bonds. The number of carbonyl (C=O) groups excluding carboxylic acids is 1. The second-order valence-electron chi connectivity index (χ2n) is 5.83. The van der Waals surface area contributed by atoms with Gasteiger partial charge in [0, 0.05) is 30.2 Å². The lowest BCUT2D eigenvalue weighted by Gasteiger charge is -2.13. The van der Waals surface area contributed by atoms with Crippen molar-refractivity contribution in [1.82, 2.24) is 20.5 Å². The first-order valence-electron chi connectivity index (χ1n) is 7.92. The topological polar surface area (TPSA) is 103 Å². The largest absolute Gasteiger partial charge is 0.368 e. The third-order valence-corrected chi connectivity index (χ3v) is 4.32. The van der Waals surface area contributed by atoms with Crippen LogP contribution in [-0.2, 0) is 13.0 Å². The maximum atomic E-state index is 12.5. The van der Waals surface area contributed by atoms with Crippen LogP contribution in [0.15, 0.2) is 35.3 Å². The highest BCUT2D eigenvalue weighted by molar-refractivity contribution is 5.95. The first kappa shape index (κ1) is 14.5. The van der Waals surface area contributed by atoms with Gasteiger partial charge in [0.1, 0.15) is 5.69 Å². The predicted molar refractivity (Wildman–Crippen MR) is 91.1 cm³/mol. The van der Waals surface area contributed by atoms with E-state index in [1.165, 1.54) is 0 Å². The number of aromatic amines is 2. The van der Waals surface area contributed by atoms with Crippen LogP contribution in [0.25, 0.3) is 10.8 Å². The lowest BCUT2D eigenvalue weighted by atomic mass is 10.1. The summed E-state index contributed by atoms with van der Waals surface area (Å²) in [6.07, 6.45) is 3.47. The van der Waals surface area contributed by atoms with E-state index in [-0.39, 0.29) is 11.5 Å². The molecule has 0 saturated heterocycles. The average molecular weight is 323 g/mol. The molecule has 7 nitrogen and oxygen atoms in total. The minimum absolute atomic E-state index is 0.130. The van der Waals surface area contributed by atoms with Crippen LogP contribution in [0, 0.1) is 0 Å². The monoisotopic (exact) mass is 323 g/mol. The standard InChI is InChI=1S/C17H17N5O2/c23-16-12-5-2-1-4-11(12)10(8-19-16)9-20-17(24)14-13-6-3-7-18-15(13)22-21-14/h1-2,4-5,8H,3,6-7,9H2,(H,19,23)(H,20,24)(H2,18,21,22). The van der Waals surface area contributed by atoms with Crippen LogP contribution in [0.4, 0.5) is 5.82 Å². The number of aromatic nitrogens is 3. The average Bonchev–Trinajstić information content (AvgIpc) is 3.05. The Morgan fingerprint density at radius 1 is 1.25 bits per heavy atom. The highest BCUT2D eigenvalue weighted by atomic mass is 16.2. The van der Waals surface area contributed by atoms with E-state index in [0.717, 1.165) is 41.7 Å². The highest BCUT2D eigenvalue weighted by Gasteiger charge is 2.21. The molecule has 0 spiro atoms. The maximum absolute atomic E-state index is 12.5. The molecular formula is C17H17N5O2. The van der Waals surface area contributed by atoms with Crippen LogP contribution >= 0.6 is 0 Å². The van der Waals surface area contributed by atoms with Crippen molar-refractivity contribution in [1.29, 1.82) is 0 Å². The summed E-state index contributed by atoms with van der Waals surface area (Å²) in [5, 5.41) is 14.5. The lowest BCUT2D eigenvalue weighted by molar-refractivity contribution is 0.0945. The first-order valence-corrected chi connectivity index (χ1v) is 7.92. The number of fused-ring (bicyclic) bond motifs is 2. The number of rotatable bonds is 3. The van der Waals surface area contributed by atoms with Gasteiger partial charge < -0.3 is 15.6 Å². The minimum Gasteiger partial charge on any atom is -0.368 e. The Balaban J connectivity index is 1.57. The zero-order chi connectivity index (χ0) is 16.5. The SMILES string of the molecule is O=C(NCc1c[nH]c(=O)c2ccccc12)c1[nH]nc2c1CCCN2. The van der Waals surface area contributed by atoms with Gasteiger partial charge in [-0.25, -0.2) is 0 Å². The fourth-order valence-corrected chi connectivity index (χ4v) is 3.09. The molecule has 4 N–H and O–H groups in total. The number of anilines is 1. The number of H-pyrrole nitrogens is 2. The predicted octanol–water partition coefficient (Wildman–Crippen LogP) is 1.54. The van der Waals surface area contributed by atoms with E-state index >= 15 is 0 Å². The summed E-state index contributed by atoms with van der Waals surface area (Å²) in [6, 6.07) is 7.36. The van der Waals surface area contributed by atoms with E-state index in [0.29, 0.717) is 17.6 Å². The van der Waals surface area contributed by atoms with Gasteiger partial charge >= 0.3 is 0 Å². The zero-order valence-electron chi connectivity index (χ0n) is 13.0. The summed E-state index contributed by atoms with van der Waals surface area (Å²) in [7, 11) is 0. The Bertz CT molecular complexity index is 973. The number of nitrogens with one attached hydrogen (secondary N) is 4. The van der Waals surface area contributed by atoms with E-state index in [2.05, 4.69) is 25.8 Å². The molecule has 0 bridgehead atoms. The van der Waals surface area contributed by atoms with Gasteiger partial charge in [-0.2, -0.15) is 5.10 Å². The van der Waals surface area contributed by atoms with Crippen molar-refractivity contribution in [3.63, 3.8) is 0 Å². The molecule has 0 fully saturated rings. The second-order valence-corrected chi connectivity index (χ2v) is 5.83. The molecule has 2 aromatic heterocycles. The van der Waals surface area contributed by atoms with Crippen LogP contribution in [0.5, 0.6) is 0 Å². The summed E-state index contributed by atoms with van der Waals surface area (Å²) in [6.45, 7) is 1.21. The first-order chi connectivity index (χ1) is 11.7. The molecule has 1 aliphatic heterocycles. The van der Waals surface area contributed by atoms with E-state index in [1.807, 2.05) is 18.2 Å². The van der Waals surface area contributed by atoms with Crippen molar-refractivity contribution in [2.24, 2.45) is 0 Å². The van der Waals surface area contributed by atoms with Gasteiger partial charge in [0.25, 0.3) is 11.5 Å². The van der Waals surface area contributed by atoms with Gasteiger partial charge in [-0.05, 0) is 29.9 Å². The fraction of sp³-hybridized carbons (Fsp3) is 0.235. The summed E-state index contributed by atoms with van der Waals surface area (Å²) >= 11 is 0. The molecule has 1 aliphatic rings. The molecule has 1 aromatic carbocycles. The summed E-state index contributed by atoms with van der Waals surface area (Å²) in [4.78, 5) is 27.0. The number of nitrogens with zero attached hydrogens (tertiary/aromatic N) is 1. The van der Waals surface area contributed by atoms with Crippen molar-refractivity contribution in [3.8, 4) is 0 Å². The number of pyridine rings is 1. The Labute approximate surface area is 137 Å². The number of carbonyl (C=O) groups is 1. The van der Waals surface area contributed by atoms with Crippen LogP contribution in [0.2, 0.25) is 0 Å². The molecule has 0 unspecified atom stereocenters. The summed E-state index contributed by atoms with van der Waals surface area (Å²) in [5.41, 5.74) is 2.18. The van der Waals surface area contributed by atoms with E-state index in [1.54, 1.807) is 12.3 Å².